The second-order valence-corrected chi connectivity index (χ2v) is 11.5. The van der Waals surface area contributed by atoms with Crippen LogP contribution >= 0.6 is 11.6 Å². The highest BCUT2D eigenvalue weighted by Crippen LogP contribution is 2.58. The van der Waals surface area contributed by atoms with E-state index in [1.54, 1.807) is 28.0 Å². The van der Waals surface area contributed by atoms with Crippen LogP contribution in [0.1, 0.15) is 25.3 Å². The molecule has 0 saturated carbocycles. The first kappa shape index (κ1) is 27.7. The van der Waals surface area contributed by atoms with Crippen LogP contribution in [-0.4, -0.2) is 76.1 Å². The number of fused-ring (bicyclic) bond motifs is 2. The number of carbonyl (C=O) groups excluding carboxylic acids is 3. The molecule has 0 bridgehead atoms. The minimum absolute atomic E-state index is 0.137. The summed E-state index contributed by atoms with van der Waals surface area (Å²) < 4.78 is 6.99. The summed E-state index contributed by atoms with van der Waals surface area (Å²) in [5.74, 6) is -2.49. The number of aliphatic hydroxyl groups is 1. The lowest BCUT2D eigenvalue weighted by molar-refractivity contribution is -0.150. The van der Waals surface area contributed by atoms with Gasteiger partial charge in [-0.3, -0.25) is 14.4 Å². The number of carbonyl (C=O) groups is 3. The first-order chi connectivity index (χ1) is 19.9. The standard InChI is InChI=1S/C32H34ClN3O5/c1-2-31-15-8-17-34(21-22-11-4-3-5-12-22)28(38)25(31)26-29(39)36(19-10-20-37)27-30(40)35(18-9-16-32(26,27)41-31)24-14-7-6-13-23(24)33/h3-9,11-16,25-27,37H,2,10,17-21H2,1H3/t25-,26-,27?,31+,32-/m0/s1. The van der Waals surface area contributed by atoms with Gasteiger partial charge < -0.3 is 24.5 Å². The van der Waals surface area contributed by atoms with Gasteiger partial charge in [0.15, 0.2) is 0 Å². The Morgan fingerprint density at radius 1 is 0.927 bits per heavy atom. The number of para-hydroxylation sites is 1. The Balaban J connectivity index is 1.45. The molecule has 0 aromatic heterocycles. The Bertz CT molecular complexity index is 1410. The van der Waals surface area contributed by atoms with Crippen LogP contribution in [0.4, 0.5) is 5.69 Å². The Morgan fingerprint density at radius 3 is 2.39 bits per heavy atom. The number of ether oxygens (including phenoxy) is 1. The first-order valence-corrected chi connectivity index (χ1v) is 14.6. The molecule has 1 spiro atoms. The van der Waals surface area contributed by atoms with Crippen LogP contribution in [0.5, 0.6) is 0 Å². The van der Waals surface area contributed by atoms with E-state index in [4.69, 9.17) is 16.3 Å². The van der Waals surface area contributed by atoms with Crippen molar-refractivity contribution in [1.82, 2.24) is 9.80 Å². The SMILES string of the molecule is CC[C@@]12C=CCN(Cc3ccccc3)C(=O)[C@@H]1[C@H]1C(=O)N(CCCO)C3C(=O)N(c4ccccc4Cl)CC=C[C@@]31O2. The van der Waals surface area contributed by atoms with Crippen molar-refractivity contribution >= 4 is 35.0 Å². The zero-order chi connectivity index (χ0) is 28.8. The van der Waals surface area contributed by atoms with Crippen LogP contribution in [-0.2, 0) is 25.7 Å². The predicted octanol–water partition coefficient (Wildman–Crippen LogP) is 3.58. The summed E-state index contributed by atoms with van der Waals surface area (Å²) >= 11 is 6.52. The van der Waals surface area contributed by atoms with Crippen molar-refractivity contribution in [1.29, 1.82) is 0 Å². The van der Waals surface area contributed by atoms with E-state index in [1.165, 1.54) is 4.90 Å². The summed E-state index contributed by atoms with van der Waals surface area (Å²) in [7, 11) is 0. The van der Waals surface area contributed by atoms with Gasteiger partial charge in [-0.2, -0.15) is 0 Å². The van der Waals surface area contributed by atoms with Crippen LogP contribution in [0.3, 0.4) is 0 Å². The molecule has 41 heavy (non-hydrogen) atoms. The van der Waals surface area contributed by atoms with Gasteiger partial charge in [-0.05, 0) is 30.5 Å². The molecule has 9 heteroatoms. The van der Waals surface area contributed by atoms with Crippen molar-refractivity contribution in [2.75, 3.05) is 31.1 Å². The number of benzene rings is 2. The van der Waals surface area contributed by atoms with Crippen molar-refractivity contribution in [2.24, 2.45) is 11.8 Å². The monoisotopic (exact) mass is 575 g/mol. The highest BCUT2D eigenvalue weighted by Gasteiger charge is 2.75. The van der Waals surface area contributed by atoms with E-state index < -0.39 is 29.1 Å². The van der Waals surface area contributed by atoms with Gasteiger partial charge in [0.1, 0.15) is 11.6 Å². The van der Waals surface area contributed by atoms with Crippen LogP contribution in [0.15, 0.2) is 78.9 Å². The van der Waals surface area contributed by atoms with E-state index in [9.17, 15) is 19.5 Å². The van der Waals surface area contributed by atoms with E-state index in [1.807, 2.05) is 67.6 Å². The maximum absolute atomic E-state index is 14.5. The molecule has 8 nitrogen and oxygen atoms in total. The van der Waals surface area contributed by atoms with Crippen molar-refractivity contribution < 1.29 is 24.2 Å². The summed E-state index contributed by atoms with van der Waals surface area (Å²) in [5, 5.41) is 10.1. The zero-order valence-electron chi connectivity index (χ0n) is 23.0. The molecular formula is C32H34ClN3O5. The third kappa shape index (κ3) is 4.31. The van der Waals surface area contributed by atoms with Crippen molar-refractivity contribution in [3.05, 3.63) is 89.5 Å². The van der Waals surface area contributed by atoms with Gasteiger partial charge >= 0.3 is 0 Å². The molecule has 0 aliphatic carbocycles. The lowest BCUT2D eigenvalue weighted by atomic mass is 9.73. The Labute approximate surface area is 244 Å². The molecule has 4 heterocycles. The van der Waals surface area contributed by atoms with Gasteiger partial charge in [0, 0.05) is 32.8 Å². The fourth-order valence-corrected chi connectivity index (χ4v) is 7.36. The molecule has 2 saturated heterocycles. The lowest BCUT2D eigenvalue weighted by Crippen LogP contribution is -2.56. The smallest absolute Gasteiger partial charge is 0.253 e. The summed E-state index contributed by atoms with van der Waals surface area (Å²) in [6.45, 7) is 3.03. The van der Waals surface area contributed by atoms with E-state index in [-0.39, 0.29) is 37.4 Å². The second kappa shape index (κ2) is 10.7. The van der Waals surface area contributed by atoms with E-state index in [0.29, 0.717) is 36.6 Å². The molecule has 5 atom stereocenters. The van der Waals surface area contributed by atoms with Crippen LogP contribution < -0.4 is 4.90 Å². The molecule has 2 fully saturated rings. The lowest BCUT2D eigenvalue weighted by Gasteiger charge is -2.38. The maximum Gasteiger partial charge on any atom is 0.253 e. The highest BCUT2D eigenvalue weighted by atomic mass is 35.5. The maximum atomic E-state index is 14.5. The number of nitrogens with zero attached hydrogens (tertiary/aromatic N) is 3. The van der Waals surface area contributed by atoms with Gasteiger partial charge in [0.25, 0.3) is 5.91 Å². The second-order valence-electron chi connectivity index (χ2n) is 11.1. The normalized spacial score (nSPS) is 30.8. The van der Waals surface area contributed by atoms with Crippen LogP contribution in [0.2, 0.25) is 5.02 Å². The van der Waals surface area contributed by atoms with Gasteiger partial charge in [-0.15, -0.1) is 0 Å². The molecule has 1 unspecified atom stereocenters. The topological polar surface area (TPSA) is 90.4 Å². The summed E-state index contributed by atoms with van der Waals surface area (Å²) in [6.07, 6.45) is 8.33. The molecule has 6 rings (SSSR count). The number of halogens is 1. The molecule has 1 N–H and O–H groups in total. The number of hydrogen-bond acceptors (Lipinski definition) is 5. The average Bonchev–Trinajstić information content (AvgIpc) is 3.27. The van der Waals surface area contributed by atoms with Crippen molar-refractivity contribution in [3.63, 3.8) is 0 Å². The number of hydrogen-bond donors (Lipinski definition) is 1. The van der Waals surface area contributed by atoms with Crippen LogP contribution in [0, 0.1) is 11.8 Å². The summed E-state index contributed by atoms with van der Waals surface area (Å²) in [6, 6.07) is 15.9. The largest absolute Gasteiger partial charge is 0.396 e. The van der Waals surface area contributed by atoms with Crippen LogP contribution in [0.25, 0.3) is 0 Å². The number of amides is 3. The summed E-state index contributed by atoms with van der Waals surface area (Å²) in [4.78, 5) is 48.2. The van der Waals surface area contributed by atoms with E-state index >= 15 is 0 Å². The average molecular weight is 576 g/mol. The molecule has 2 aromatic carbocycles. The fraction of sp³-hybridized carbons (Fsp3) is 0.406. The third-order valence-corrected chi connectivity index (χ3v) is 9.26. The number of aliphatic hydroxyl groups excluding tert-OH is 1. The van der Waals surface area contributed by atoms with E-state index in [2.05, 4.69) is 0 Å². The molecule has 0 radical (unpaired) electrons. The Morgan fingerprint density at radius 2 is 1.66 bits per heavy atom. The molecular weight excluding hydrogens is 542 g/mol. The number of rotatable bonds is 7. The van der Waals surface area contributed by atoms with Gasteiger partial charge in [-0.1, -0.05) is 85.3 Å². The Kier molecular flexibility index (Phi) is 7.26. The van der Waals surface area contributed by atoms with Gasteiger partial charge in [0.05, 0.1) is 28.1 Å². The quantitative estimate of drug-likeness (QED) is 0.510. The Hall–Kier alpha value is -3.46. The van der Waals surface area contributed by atoms with Gasteiger partial charge in [0.2, 0.25) is 11.8 Å². The summed E-state index contributed by atoms with van der Waals surface area (Å²) in [5.41, 5.74) is -0.863. The fourth-order valence-electron chi connectivity index (χ4n) is 7.12. The van der Waals surface area contributed by atoms with Crippen molar-refractivity contribution in [3.8, 4) is 0 Å². The molecule has 214 valence electrons. The molecule has 2 aromatic rings. The number of anilines is 1. The van der Waals surface area contributed by atoms with E-state index in [0.717, 1.165) is 5.56 Å². The predicted molar refractivity (Wildman–Crippen MR) is 155 cm³/mol. The molecule has 4 aliphatic rings. The molecule has 4 aliphatic heterocycles. The highest BCUT2D eigenvalue weighted by molar-refractivity contribution is 6.34. The molecule has 3 amide bonds. The number of likely N-dealkylation sites (tertiary alicyclic amines) is 1. The third-order valence-electron chi connectivity index (χ3n) is 8.94. The zero-order valence-corrected chi connectivity index (χ0v) is 23.7. The minimum atomic E-state index is -1.35. The van der Waals surface area contributed by atoms with Gasteiger partial charge in [-0.25, -0.2) is 0 Å². The first-order valence-electron chi connectivity index (χ1n) is 14.2. The minimum Gasteiger partial charge on any atom is -0.396 e. The van der Waals surface area contributed by atoms with Crippen molar-refractivity contribution in [2.45, 2.75) is 43.6 Å².